The standard InChI is InChI=1S/C23H31N5O2/c1-16-9-10-21(30-16)20(28-11-5-6-12-28)15-26-23(24-2)25-14-17-13-22(29)27-19-8-4-3-7-18(17)19/h3-4,7-10,17,20H,5-6,11-15H2,1-2H3,(H,27,29)(H2,24,25,26). The van der Waals surface area contributed by atoms with Crippen LogP contribution >= 0.6 is 0 Å². The second-order valence-electron chi connectivity index (χ2n) is 8.08. The Labute approximate surface area is 177 Å². The molecule has 30 heavy (non-hydrogen) atoms. The van der Waals surface area contributed by atoms with Gasteiger partial charge in [-0.3, -0.25) is 14.7 Å². The summed E-state index contributed by atoms with van der Waals surface area (Å²) in [5, 5.41) is 9.83. The first kappa shape index (κ1) is 20.5. The molecule has 0 aliphatic carbocycles. The molecule has 1 aromatic carbocycles. The molecule has 2 atom stereocenters. The molecule has 2 aliphatic heterocycles. The van der Waals surface area contributed by atoms with E-state index in [0.29, 0.717) is 19.5 Å². The van der Waals surface area contributed by atoms with Gasteiger partial charge < -0.3 is 20.4 Å². The Morgan fingerprint density at radius 2 is 2.03 bits per heavy atom. The van der Waals surface area contributed by atoms with Gasteiger partial charge in [-0.25, -0.2) is 0 Å². The molecule has 0 spiro atoms. The molecule has 1 fully saturated rings. The molecule has 0 bridgehead atoms. The summed E-state index contributed by atoms with van der Waals surface area (Å²) in [7, 11) is 1.78. The first-order valence-electron chi connectivity index (χ1n) is 10.8. The number of aryl methyl sites for hydroxylation is 1. The lowest BCUT2D eigenvalue weighted by Crippen LogP contribution is -2.44. The van der Waals surface area contributed by atoms with E-state index in [9.17, 15) is 4.79 Å². The summed E-state index contributed by atoms with van der Waals surface area (Å²) in [6.45, 7) is 5.53. The third-order valence-corrected chi connectivity index (χ3v) is 5.98. The highest BCUT2D eigenvalue weighted by Gasteiger charge is 2.27. The summed E-state index contributed by atoms with van der Waals surface area (Å²) in [6.07, 6.45) is 2.93. The van der Waals surface area contributed by atoms with Gasteiger partial charge in [0.25, 0.3) is 0 Å². The molecule has 2 aromatic rings. The average Bonchev–Trinajstić information content (AvgIpc) is 3.42. The van der Waals surface area contributed by atoms with E-state index >= 15 is 0 Å². The number of guanidine groups is 1. The molecular weight excluding hydrogens is 378 g/mol. The topological polar surface area (TPSA) is 81.9 Å². The van der Waals surface area contributed by atoms with Gasteiger partial charge in [-0.2, -0.15) is 0 Å². The van der Waals surface area contributed by atoms with Crippen LogP contribution in [0.1, 0.15) is 48.3 Å². The minimum atomic E-state index is 0.0609. The van der Waals surface area contributed by atoms with E-state index in [1.54, 1.807) is 7.05 Å². The maximum absolute atomic E-state index is 12.1. The van der Waals surface area contributed by atoms with Crippen LogP contribution in [0, 0.1) is 6.92 Å². The van der Waals surface area contributed by atoms with Gasteiger partial charge >= 0.3 is 0 Å². The summed E-state index contributed by atoms with van der Waals surface area (Å²) < 4.78 is 5.94. The van der Waals surface area contributed by atoms with Crippen LogP contribution in [-0.4, -0.2) is 50.0 Å². The van der Waals surface area contributed by atoms with Crippen LogP contribution in [0.5, 0.6) is 0 Å². The van der Waals surface area contributed by atoms with Gasteiger partial charge in [-0.05, 0) is 56.6 Å². The number of hydrogen-bond acceptors (Lipinski definition) is 4. The molecule has 4 rings (SSSR count). The summed E-state index contributed by atoms with van der Waals surface area (Å²) in [5.41, 5.74) is 2.08. The van der Waals surface area contributed by atoms with Crippen molar-refractivity contribution < 1.29 is 9.21 Å². The van der Waals surface area contributed by atoms with Crippen molar-refractivity contribution in [1.29, 1.82) is 0 Å². The van der Waals surface area contributed by atoms with Crippen LogP contribution in [0.4, 0.5) is 5.69 Å². The minimum absolute atomic E-state index is 0.0609. The third-order valence-electron chi connectivity index (χ3n) is 5.98. The SMILES string of the molecule is CN=C(NCC1CC(=O)Nc2ccccc21)NCC(c1ccc(C)o1)N1CCCC1. The summed E-state index contributed by atoms with van der Waals surface area (Å²) in [6, 6.07) is 12.3. The monoisotopic (exact) mass is 409 g/mol. The molecule has 7 nitrogen and oxygen atoms in total. The second kappa shape index (κ2) is 9.34. The predicted molar refractivity (Wildman–Crippen MR) is 119 cm³/mol. The normalized spacial score (nSPS) is 20.5. The molecule has 1 amide bonds. The highest BCUT2D eigenvalue weighted by atomic mass is 16.3. The van der Waals surface area contributed by atoms with E-state index in [2.05, 4.69) is 38.0 Å². The number of fused-ring (bicyclic) bond motifs is 1. The van der Waals surface area contributed by atoms with E-state index in [4.69, 9.17) is 4.42 Å². The number of benzene rings is 1. The van der Waals surface area contributed by atoms with Crippen LogP contribution < -0.4 is 16.0 Å². The van der Waals surface area contributed by atoms with E-state index in [1.807, 2.05) is 31.2 Å². The Morgan fingerprint density at radius 1 is 1.23 bits per heavy atom. The highest BCUT2D eigenvalue weighted by molar-refractivity contribution is 5.94. The quantitative estimate of drug-likeness (QED) is 0.505. The van der Waals surface area contributed by atoms with Crippen molar-refractivity contribution in [1.82, 2.24) is 15.5 Å². The maximum atomic E-state index is 12.1. The molecule has 3 heterocycles. The largest absolute Gasteiger partial charge is 0.465 e. The van der Waals surface area contributed by atoms with Crippen LogP contribution in [0.2, 0.25) is 0 Å². The highest BCUT2D eigenvalue weighted by Crippen LogP contribution is 2.31. The minimum Gasteiger partial charge on any atom is -0.465 e. The number of carbonyl (C=O) groups is 1. The number of nitrogens with one attached hydrogen (secondary N) is 3. The molecular formula is C23H31N5O2. The van der Waals surface area contributed by atoms with Crippen molar-refractivity contribution in [3.05, 3.63) is 53.5 Å². The summed E-state index contributed by atoms with van der Waals surface area (Å²) in [4.78, 5) is 18.9. The van der Waals surface area contributed by atoms with Gasteiger partial charge in [0.1, 0.15) is 11.5 Å². The lowest BCUT2D eigenvalue weighted by molar-refractivity contribution is -0.116. The predicted octanol–water partition coefficient (Wildman–Crippen LogP) is 3.02. The number of carbonyl (C=O) groups excluding carboxylic acids is 1. The number of anilines is 1. The van der Waals surface area contributed by atoms with Gasteiger partial charge in [-0.1, -0.05) is 18.2 Å². The zero-order valence-electron chi connectivity index (χ0n) is 17.8. The van der Waals surface area contributed by atoms with Gasteiger partial charge in [0.2, 0.25) is 5.91 Å². The number of para-hydroxylation sites is 1. The van der Waals surface area contributed by atoms with Crippen LogP contribution in [0.3, 0.4) is 0 Å². The van der Waals surface area contributed by atoms with Gasteiger partial charge in [0.15, 0.2) is 5.96 Å². The van der Waals surface area contributed by atoms with Crippen molar-refractivity contribution in [2.24, 2.45) is 4.99 Å². The van der Waals surface area contributed by atoms with E-state index in [0.717, 1.165) is 36.3 Å². The third kappa shape index (κ3) is 4.67. The zero-order valence-corrected chi connectivity index (χ0v) is 17.8. The lowest BCUT2D eigenvalue weighted by Gasteiger charge is -2.28. The molecule has 2 aliphatic rings. The number of hydrogen-bond donors (Lipinski definition) is 3. The van der Waals surface area contributed by atoms with E-state index in [1.165, 1.54) is 18.4 Å². The Hall–Kier alpha value is -2.80. The average molecular weight is 410 g/mol. The number of amides is 1. The first-order valence-corrected chi connectivity index (χ1v) is 10.8. The van der Waals surface area contributed by atoms with Crippen molar-refractivity contribution in [2.45, 2.75) is 38.1 Å². The van der Waals surface area contributed by atoms with Gasteiger partial charge in [0, 0.05) is 38.2 Å². The van der Waals surface area contributed by atoms with Crippen LogP contribution in [0.25, 0.3) is 0 Å². The number of rotatable bonds is 6. The molecule has 0 radical (unpaired) electrons. The smallest absolute Gasteiger partial charge is 0.225 e. The Morgan fingerprint density at radius 3 is 2.77 bits per heavy atom. The van der Waals surface area contributed by atoms with Crippen molar-refractivity contribution in [2.75, 3.05) is 38.5 Å². The van der Waals surface area contributed by atoms with Crippen molar-refractivity contribution >= 4 is 17.6 Å². The number of aliphatic imine (C=N–C) groups is 1. The van der Waals surface area contributed by atoms with E-state index < -0.39 is 0 Å². The summed E-state index contributed by atoms with van der Waals surface area (Å²) in [5.74, 6) is 2.86. The van der Waals surface area contributed by atoms with Crippen LogP contribution in [-0.2, 0) is 4.79 Å². The Bertz CT molecular complexity index is 901. The molecule has 3 N–H and O–H groups in total. The number of furan rings is 1. The Kier molecular flexibility index (Phi) is 6.38. The molecule has 160 valence electrons. The van der Waals surface area contributed by atoms with Crippen molar-refractivity contribution in [3.63, 3.8) is 0 Å². The molecule has 1 saturated heterocycles. The second-order valence-corrected chi connectivity index (χ2v) is 8.08. The maximum Gasteiger partial charge on any atom is 0.225 e. The zero-order chi connectivity index (χ0) is 20.9. The molecule has 2 unspecified atom stereocenters. The van der Waals surface area contributed by atoms with E-state index in [-0.39, 0.29) is 17.9 Å². The Balaban J connectivity index is 1.38. The lowest BCUT2D eigenvalue weighted by atomic mass is 9.90. The number of likely N-dealkylation sites (tertiary alicyclic amines) is 1. The summed E-state index contributed by atoms with van der Waals surface area (Å²) >= 11 is 0. The van der Waals surface area contributed by atoms with Crippen molar-refractivity contribution in [3.8, 4) is 0 Å². The fourth-order valence-corrected chi connectivity index (χ4v) is 4.41. The molecule has 0 saturated carbocycles. The molecule has 1 aromatic heterocycles. The van der Waals surface area contributed by atoms with Crippen LogP contribution in [0.15, 0.2) is 45.8 Å². The molecule has 7 heteroatoms. The van der Waals surface area contributed by atoms with Gasteiger partial charge in [-0.15, -0.1) is 0 Å². The first-order chi connectivity index (χ1) is 14.6. The van der Waals surface area contributed by atoms with Gasteiger partial charge in [0.05, 0.1) is 6.04 Å². The fourth-order valence-electron chi connectivity index (χ4n) is 4.41. The fraction of sp³-hybridized carbons (Fsp3) is 0.478. The number of nitrogens with zero attached hydrogens (tertiary/aromatic N) is 2.